The zero-order valence-electron chi connectivity index (χ0n) is 8.03. The number of carbonyl (C=O) groups excluding carboxylic acids is 1. The van der Waals surface area contributed by atoms with E-state index in [0.29, 0.717) is 12.8 Å². The molecule has 0 aromatic carbocycles. The van der Waals surface area contributed by atoms with E-state index in [-0.39, 0.29) is 23.2 Å². The van der Waals surface area contributed by atoms with Gasteiger partial charge in [-0.3, -0.25) is 14.9 Å². The van der Waals surface area contributed by atoms with Gasteiger partial charge in [-0.05, 0) is 12.5 Å². The van der Waals surface area contributed by atoms with Gasteiger partial charge >= 0.3 is 0 Å². The van der Waals surface area contributed by atoms with E-state index in [1.54, 1.807) is 19.9 Å². The highest BCUT2D eigenvalue weighted by Crippen LogP contribution is 2.02. The lowest BCUT2D eigenvalue weighted by atomic mass is 10.1. The van der Waals surface area contributed by atoms with Crippen molar-refractivity contribution in [1.29, 1.82) is 0 Å². The quantitative estimate of drug-likeness (QED) is 0.360. The maximum atomic E-state index is 10.8. The van der Waals surface area contributed by atoms with Crippen LogP contribution in [0.4, 0.5) is 0 Å². The second kappa shape index (κ2) is 6.34. The summed E-state index contributed by atoms with van der Waals surface area (Å²) in [4.78, 5) is 20.5. The minimum Gasteiger partial charge on any atom is -0.295 e. The maximum absolute atomic E-state index is 10.8. The summed E-state index contributed by atoms with van der Waals surface area (Å²) in [6.07, 6.45) is 4.28. The van der Waals surface area contributed by atoms with Gasteiger partial charge in [0.1, 0.15) is 0 Å². The van der Waals surface area contributed by atoms with Crippen LogP contribution in [0.15, 0.2) is 12.2 Å². The topological polar surface area (TPSA) is 60.2 Å². The van der Waals surface area contributed by atoms with Crippen LogP contribution in [0.2, 0.25) is 0 Å². The first-order chi connectivity index (χ1) is 6.06. The van der Waals surface area contributed by atoms with Crippen molar-refractivity contribution in [3.8, 4) is 0 Å². The van der Waals surface area contributed by atoms with Crippen molar-refractivity contribution < 1.29 is 9.72 Å². The minimum absolute atomic E-state index is 0.00379. The molecule has 1 atom stereocenters. The molecule has 0 saturated carbocycles. The monoisotopic (exact) mass is 185 g/mol. The summed E-state index contributed by atoms with van der Waals surface area (Å²) >= 11 is 0. The molecule has 0 N–H and O–H groups in total. The van der Waals surface area contributed by atoms with Crippen molar-refractivity contribution in [3.63, 3.8) is 0 Å². The molecule has 0 aromatic rings. The Hall–Kier alpha value is -1.19. The molecular weight excluding hydrogens is 170 g/mol. The molecule has 0 heterocycles. The Morgan fingerprint density at radius 1 is 1.62 bits per heavy atom. The number of allylic oxidation sites excluding steroid dienone is 2. The predicted molar refractivity (Wildman–Crippen MR) is 50.1 cm³/mol. The van der Waals surface area contributed by atoms with Gasteiger partial charge < -0.3 is 0 Å². The van der Waals surface area contributed by atoms with Gasteiger partial charge in [0.15, 0.2) is 5.78 Å². The van der Waals surface area contributed by atoms with Gasteiger partial charge in [0.05, 0.1) is 0 Å². The Morgan fingerprint density at radius 2 is 2.23 bits per heavy atom. The molecule has 13 heavy (non-hydrogen) atoms. The normalized spacial score (nSPS) is 13.1. The molecule has 1 unspecified atom stereocenters. The van der Waals surface area contributed by atoms with Crippen LogP contribution in [0.1, 0.15) is 26.7 Å². The lowest BCUT2D eigenvalue weighted by molar-refractivity contribution is -0.487. The van der Waals surface area contributed by atoms with E-state index in [9.17, 15) is 14.9 Å². The Bertz CT molecular complexity index is 211. The summed E-state index contributed by atoms with van der Waals surface area (Å²) < 4.78 is 0. The summed E-state index contributed by atoms with van der Waals surface area (Å²) in [5.41, 5.74) is 0. The predicted octanol–water partition coefficient (Wildman–Crippen LogP) is 1.82. The van der Waals surface area contributed by atoms with Gasteiger partial charge in [-0.15, -0.1) is 0 Å². The number of rotatable bonds is 6. The highest BCUT2D eigenvalue weighted by Gasteiger charge is 2.06. The third kappa shape index (κ3) is 7.18. The molecule has 0 amide bonds. The second-order valence-corrected chi connectivity index (χ2v) is 3.08. The molecule has 0 aliphatic rings. The van der Waals surface area contributed by atoms with E-state index in [0.717, 1.165) is 0 Å². The average molecular weight is 185 g/mol. The molecule has 0 fully saturated rings. The van der Waals surface area contributed by atoms with Crippen LogP contribution >= 0.6 is 0 Å². The van der Waals surface area contributed by atoms with Gasteiger partial charge in [0, 0.05) is 17.3 Å². The van der Waals surface area contributed by atoms with E-state index in [2.05, 4.69) is 0 Å². The molecular formula is C9H15NO3. The number of hydrogen-bond donors (Lipinski definition) is 0. The molecule has 0 saturated heterocycles. The molecule has 0 aliphatic heterocycles. The smallest absolute Gasteiger partial charge is 0.206 e. The fourth-order valence-corrected chi connectivity index (χ4v) is 0.879. The lowest BCUT2D eigenvalue weighted by Gasteiger charge is -2.00. The molecule has 0 radical (unpaired) electrons. The average Bonchev–Trinajstić information content (AvgIpc) is 2.02. The van der Waals surface area contributed by atoms with Crippen molar-refractivity contribution in [1.82, 2.24) is 0 Å². The number of nitro groups is 1. The van der Waals surface area contributed by atoms with Crippen LogP contribution < -0.4 is 0 Å². The summed E-state index contributed by atoms with van der Waals surface area (Å²) in [5.74, 6) is 0.0595. The van der Waals surface area contributed by atoms with Crippen molar-refractivity contribution in [3.05, 3.63) is 22.3 Å². The fraction of sp³-hybridized carbons (Fsp3) is 0.667. The van der Waals surface area contributed by atoms with Crippen molar-refractivity contribution in [2.24, 2.45) is 5.92 Å². The first-order valence-electron chi connectivity index (χ1n) is 4.37. The summed E-state index contributed by atoms with van der Waals surface area (Å²) in [7, 11) is 0. The van der Waals surface area contributed by atoms with Crippen molar-refractivity contribution in [2.45, 2.75) is 26.7 Å². The third-order valence-corrected chi connectivity index (χ3v) is 1.65. The SMILES string of the molecule is CCC(=O)C=CCC(C)C[N+](=O)[O-]. The summed E-state index contributed by atoms with van der Waals surface area (Å²) in [6, 6.07) is 0. The van der Waals surface area contributed by atoms with E-state index in [1.165, 1.54) is 6.08 Å². The standard InChI is InChI=1S/C9H15NO3/c1-3-9(11)6-4-5-8(2)7-10(12)13/h4,6,8H,3,5,7H2,1-2H3. The third-order valence-electron chi connectivity index (χ3n) is 1.65. The van der Waals surface area contributed by atoms with Crippen molar-refractivity contribution in [2.75, 3.05) is 6.54 Å². The Balaban J connectivity index is 3.68. The fourth-order valence-electron chi connectivity index (χ4n) is 0.879. The Labute approximate surface area is 77.8 Å². The molecule has 4 nitrogen and oxygen atoms in total. The Kier molecular flexibility index (Phi) is 5.76. The molecule has 0 aromatic heterocycles. The number of nitrogens with zero attached hydrogens (tertiary/aromatic N) is 1. The van der Waals surface area contributed by atoms with E-state index in [1.807, 2.05) is 0 Å². The lowest BCUT2D eigenvalue weighted by Crippen LogP contribution is -2.09. The van der Waals surface area contributed by atoms with Gasteiger partial charge in [-0.1, -0.05) is 19.9 Å². The minimum atomic E-state index is -0.333. The largest absolute Gasteiger partial charge is 0.295 e. The molecule has 4 heteroatoms. The highest BCUT2D eigenvalue weighted by atomic mass is 16.6. The zero-order chi connectivity index (χ0) is 10.3. The number of ketones is 1. The van der Waals surface area contributed by atoms with Crippen LogP contribution in [0.3, 0.4) is 0 Å². The van der Waals surface area contributed by atoms with Crippen LogP contribution in [-0.4, -0.2) is 17.3 Å². The molecule has 0 spiro atoms. The van der Waals surface area contributed by atoms with Gasteiger partial charge in [-0.25, -0.2) is 0 Å². The molecule has 0 rings (SSSR count). The first-order valence-corrected chi connectivity index (χ1v) is 4.37. The zero-order valence-corrected chi connectivity index (χ0v) is 8.03. The Morgan fingerprint density at radius 3 is 2.69 bits per heavy atom. The number of carbonyl (C=O) groups is 1. The van der Waals surface area contributed by atoms with Crippen LogP contribution in [0.5, 0.6) is 0 Å². The summed E-state index contributed by atoms with van der Waals surface area (Å²) in [6.45, 7) is 3.54. The van der Waals surface area contributed by atoms with Crippen LogP contribution in [0, 0.1) is 16.0 Å². The molecule has 0 bridgehead atoms. The highest BCUT2D eigenvalue weighted by molar-refractivity contribution is 5.89. The van der Waals surface area contributed by atoms with Crippen LogP contribution in [0.25, 0.3) is 0 Å². The van der Waals surface area contributed by atoms with E-state index in [4.69, 9.17) is 0 Å². The van der Waals surface area contributed by atoms with E-state index < -0.39 is 0 Å². The number of hydrogen-bond acceptors (Lipinski definition) is 3. The first kappa shape index (κ1) is 11.8. The maximum Gasteiger partial charge on any atom is 0.206 e. The second-order valence-electron chi connectivity index (χ2n) is 3.08. The van der Waals surface area contributed by atoms with Crippen LogP contribution in [-0.2, 0) is 4.79 Å². The van der Waals surface area contributed by atoms with Gasteiger partial charge in [0.25, 0.3) is 0 Å². The van der Waals surface area contributed by atoms with Crippen molar-refractivity contribution >= 4 is 5.78 Å². The van der Waals surface area contributed by atoms with E-state index >= 15 is 0 Å². The molecule has 0 aliphatic carbocycles. The van der Waals surface area contributed by atoms with Gasteiger partial charge in [0.2, 0.25) is 6.54 Å². The summed E-state index contributed by atoms with van der Waals surface area (Å²) in [5, 5.41) is 10.1. The van der Waals surface area contributed by atoms with Gasteiger partial charge in [-0.2, -0.15) is 0 Å². The molecule has 74 valence electrons.